The number of aromatic nitrogens is 5. The first-order valence-corrected chi connectivity index (χ1v) is 9.12. The number of nitrogens with zero attached hydrogens (tertiary/aromatic N) is 5. The zero-order valence-electron chi connectivity index (χ0n) is 15.6. The van der Waals surface area contributed by atoms with Crippen LogP contribution >= 0.6 is 0 Å². The number of pyridine rings is 1. The van der Waals surface area contributed by atoms with Gasteiger partial charge in [-0.2, -0.15) is 5.10 Å². The normalized spacial score (nSPS) is 17.0. The Balaban J connectivity index is 1.59. The average Bonchev–Trinajstić information content (AvgIpc) is 3.06. The molecule has 26 heavy (non-hydrogen) atoms. The maximum absolute atomic E-state index is 4.75. The Morgan fingerprint density at radius 1 is 1.27 bits per heavy atom. The van der Waals surface area contributed by atoms with Crippen molar-refractivity contribution in [3.63, 3.8) is 0 Å². The van der Waals surface area contributed by atoms with E-state index in [4.69, 9.17) is 4.98 Å². The fourth-order valence-electron chi connectivity index (χ4n) is 3.75. The standard InChI is InChI=1S/C19H25N7/c1-13-14(5-4-8-21-13)16-17-18(25-24-16)23-15(11-22-17)26-9-6-19(2,7-10-26)12-20-3/h4-5,8,11,20H,6-7,9-10,12H2,1-3H3,(H,23,24,25). The lowest BCUT2D eigenvalue weighted by atomic mass is 9.80. The lowest BCUT2D eigenvalue weighted by Crippen LogP contribution is -2.43. The van der Waals surface area contributed by atoms with E-state index in [-0.39, 0.29) is 0 Å². The number of H-pyrrole nitrogens is 1. The largest absolute Gasteiger partial charge is 0.355 e. The summed E-state index contributed by atoms with van der Waals surface area (Å²) < 4.78 is 0. The second kappa shape index (κ2) is 6.64. The molecule has 1 saturated heterocycles. The number of aryl methyl sites for hydroxylation is 1. The molecule has 0 bridgehead atoms. The summed E-state index contributed by atoms with van der Waals surface area (Å²) in [6.07, 6.45) is 5.95. The molecule has 0 unspecified atom stereocenters. The van der Waals surface area contributed by atoms with E-state index in [1.807, 2.05) is 32.3 Å². The van der Waals surface area contributed by atoms with Crippen molar-refractivity contribution >= 4 is 17.0 Å². The smallest absolute Gasteiger partial charge is 0.202 e. The minimum Gasteiger partial charge on any atom is -0.355 e. The molecule has 7 nitrogen and oxygen atoms in total. The van der Waals surface area contributed by atoms with E-state index >= 15 is 0 Å². The summed E-state index contributed by atoms with van der Waals surface area (Å²) in [5, 5.41) is 10.8. The number of rotatable bonds is 4. The molecule has 0 saturated carbocycles. The summed E-state index contributed by atoms with van der Waals surface area (Å²) in [4.78, 5) is 16.1. The number of aromatic amines is 1. The van der Waals surface area contributed by atoms with E-state index in [0.29, 0.717) is 11.1 Å². The molecule has 0 spiro atoms. The Kier molecular flexibility index (Phi) is 4.32. The molecule has 3 aromatic rings. The fraction of sp³-hybridized carbons (Fsp3) is 0.474. The highest BCUT2D eigenvalue weighted by molar-refractivity contribution is 5.88. The molecule has 0 atom stereocenters. The van der Waals surface area contributed by atoms with Crippen molar-refractivity contribution in [3.8, 4) is 11.3 Å². The number of hydrogen-bond acceptors (Lipinski definition) is 6. The van der Waals surface area contributed by atoms with Crippen LogP contribution in [0.2, 0.25) is 0 Å². The Bertz CT molecular complexity index is 909. The van der Waals surface area contributed by atoms with Gasteiger partial charge in [-0.3, -0.25) is 10.1 Å². The van der Waals surface area contributed by atoms with E-state index < -0.39 is 0 Å². The van der Waals surface area contributed by atoms with Crippen molar-refractivity contribution in [2.45, 2.75) is 26.7 Å². The van der Waals surface area contributed by atoms with Gasteiger partial charge in [0, 0.05) is 37.1 Å². The quantitative estimate of drug-likeness (QED) is 0.752. The van der Waals surface area contributed by atoms with E-state index in [9.17, 15) is 0 Å². The van der Waals surface area contributed by atoms with Gasteiger partial charge >= 0.3 is 0 Å². The maximum Gasteiger partial charge on any atom is 0.202 e. The summed E-state index contributed by atoms with van der Waals surface area (Å²) in [7, 11) is 2.02. The summed E-state index contributed by atoms with van der Waals surface area (Å²) >= 11 is 0. The van der Waals surface area contributed by atoms with Crippen LogP contribution in [-0.4, -0.2) is 51.8 Å². The monoisotopic (exact) mass is 351 g/mol. The topological polar surface area (TPSA) is 82.6 Å². The van der Waals surface area contributed by atoms with Crippen LogP contribution in [0.25, 0.3) is 22.4 Å². The Labute approximate surface area is 153 Å². The summed E-state index contributed by atoms with van der Waals surface area (Å²) in [5.41, 5.74) is 4.65. The van der Waals surface area contributed by atoms with Crippen LogP contribution in [0.15, 0.2) is 24.5 Å². The van der Waals surface area contributed by atoms with Crippen molar-refractivity contribution in [2.75, 3.05) is 31.6 Å². The second-order valence-electron chi connectivity index (χ2n) is 7.46. The van der Waals surface area contributed by atoms with Gasteiger partial charge in [0.15, 0.2) is 0 Å². The fourth-order valence-corrected chi connectivity index (χ4v) is 3.75. The Morgan fingerprint density at radius 2 is 2.08 bits per heavy atom. The molecule has 0 aromatic carbocycles. The van der Waals surface area contributed by atoms with Crippen molar-refractivity contribution in [1.82, 2.24) is 30.5 Å². The van der Waals surface area contributed by atoms with E-state index in [1.165, 1.54) is 0 Å². The summed E-state index contributed by atoms with van der Waals surface area (Å²) in [5.74, 6) is 0.907. The molecule has 0 aliphatic carbocycles. The molecule has 2 N–H and O–H groups in total. The molecule has 1 aliphatic heterocycles. The predicted octanol–water partition coefficient (Wildman–Crippen LogP) is 2.55. The number of hydrogen-bond donors (Lipinski definition) is 2. The van der Waals surface area contributed by atoms with E-state index in [2.05, 4.69) is 37.3 Å². The highest BCUT2D eigenvalue weighted by atomic mass is 15.2. The number of nitrogens with one attached hydrogen (secondary N) is 2. The van der Waals surface area contributed by atoms with Crippen LogP contribution in [0.3, 0.4) is 0 Å². The lowest BCUT2D eigenvalue weighted by molar-refractivity contribution is 0.242. The first-order valence-electron chi connectivity index (χ1n) is 9.12. The molecular formula is C19H25N7. The van der Waals surface area contributed by atoms with Gasteiger partial charge in [0.2, 0.25) is 5.65 Å². The zero-order chi connectivity index (χ0) is 18.1. The third-order valence-corrected chi connectivity index (χ3v) is 5.43. The number of anilines is 1. The molecule has 1 aliphatic rings. The third-order valence-electron chi connectivity index (χ3n) is 5.43. The van der Waals surface area contributed by atoms with Gasteiger partial charge in [0.1, 0.15) is 11.3 Å². The van der Waals surface area contributed by atoms with Crippen molar-refractivity contribution in [3.05, 3.63) is 30.2 Å². The molecule has 0 amide bonds. The van der Waals surface area contributed by atoms with Crippen LogP contribution in [0.4, 0.5) is 5.82 Å². The maximum atomic E-state index is 4.75. The van der Waals surface area contributed by atoms with Crippen molar-refractivity contribution in [2.24, 2.45) is 5.41 Å². The predicted molar refractivity (Wildman–Crippen MR) is 103 cm³/mol. The van der Waals surface area contributed by atoms with Crippen molar-refractivity contribution < 1.29 is 0 Å². The SMILES string of the molecule is CNCC1(C)CCN(c2cnc3c(-c4cccnc4C)[nH]nc3n2)CC1. The Morgan fingerprint density at radius 3 is 2.81 bits per heavy atom. The summed E-state index contributed by atoms with van der Waals surface area (Å²) in [6, 6.07) is 3.95. The lowest BCUT2D eigenvalue weighted by Gasteiger charge is -2.39. The molecule has 7 heteroatoms. The van der Waals surface area contributed by atoms with Crippen LogP contribution < -0.4 is 10.2 Å². The van der Waals surface area contributed by atoms with E-state index in [1.54, 1.807) is 6.20 Å². The Hall–Kier alpha value is -2.54. The van der Waals surface area contributed by atoms with Crippen molar-refractivity contribution in [1.29, 1.82) is 0 Å². The third kappa shape index (κ3) is 3.03. The zero-order valence-corrected chi connectivity index (χ0v) is 15.6. The van der Waals surface area contributed by atoms with Crippen LogP contribution in [0.5, 0.6) is 0 Å². The minimum atomic E-state index is 0.361. The van der Waals surface area contributed by atoms with Crippen LogP contribution in [-0.2, 0) is 0 Å². The minimum absolute atomic E-state index is 0.361. The summed E-state index contributed by atoms with van der Waals surface area (Å²) in [6.45, 7) is 7.39. The van der Waals surface area contributed by atoms with Crippen LogP contribution in [0, 0.1) is 12.3 Å². The highest BCUT2D eigenvalue weighted by Gasteiger charge is 2.30. The molecule has 136 valence electrons. The van der Waals surface area contributed by atoms with Gasteiger partial charge in [-0.05, 0) is 44.4 Å². The molecule has 4 heterocycles. The molecule has 1 fully saturated rings. The van der Waals surface area contributed by atoms with Gasteiger partial charge in [0.25, 0.3) is 0 Å². The van der Waals surface area contributed by atoms with E-state index in [0.717, 1.165) is 60.8 Å². The van der Waals surface area contributed by atoms with Gasteiger partial charge in [0.05, 0.1) is 11.9 Å². The van der Waals surface area contributed by atoms with Gasteiger partial charge in [-0.1, -0.05) is 6.92 Å². The number of piperidine rings is 1. The average molecular weight is 351 g/mol. The van der Waals surface area contributed by atoms with Gasteiger partial charge in [-0.25, -0.2) is 9.97 Å². The highest BCUT2D eigenvalue weighted by Crippen LogP contribution is 2.32. The van der Waals surface area contributed by atoms with Crippen LogP contribution in [0.1, 0.15) is 25.5 Å². The molecule has 4 rings (SSSR count). The first-order chi connectivity index (χ1) is 12.6. The number of fused-ring (bicyclic) bond motifs is 1. The molecule has 3 aromatic heterocycles. The van der Waals surface area contributed by atoms with Gasteiger partial charge in [-0.15, -0.1) is 0 Å². The van der Waals surface area contributed by atoms with Gasteiger partial charge < -0.3 is 10.2 Å². The second-order valence-corrected chi connectivity index (χ2v) is 7.46. The first kappa shape index (κ1) is 16.9. The molecule has 0 radical (unpaired) electrons. The molecular weight excluding hydrogens is 326 g/mol.